The average Bonchev–Trinajstić information content (AvgIpc) is 2.59. The van der Waals surface area contributed by atoms with E-state index in [0.717, 1.165) is 23.7 Å². The van der Waals surface area contributed by atoms with Gasteiger partial charge in [-0.05, 0) is 49.1 Å². The Labute approximate surface area is 150 Å². The largest absolute Gasteiger partial charge is 0.479 e. The smallest absolute Gasteiger partial charge is 0.224 e. The van der Waals surface area contributed by atoms with E-state index >= 15 is 0 Å². The van der Waals surface area contributed by atoms with Gasteiger partial charge in [0.15, 0.2) is 6.61 Å². The second-order valence-electron chi connectivity index (χ2n) is 5.36. The van der Waals surface area contributed by atoms with Crippen LogP contribution in [0.4, 0.5) is 5.69 Å². The van der Waals surface area contributed by atoms with Gasteiger partial charge in [-0.1, -0.05) is 34.1 Å². The molecule has 0 unspecified atom stereocenters. The number of halogens is 1. The summed E-state index contributed by atoms with van der Waals surface area (Å²) in [4.78, 5) is 12.0. The third kappa shape index (κ3) is 6.43. The SMILES string of the molecule is N#CCOc1cccc(NC(=O)CCCCc2ccc(Br)cc2)c1. The summed E-state index contributed by atoms with van der Waals surface area (Å²) in [5.41, 5.74) is 1.96. The molecule has 5 heteroatoms. The van der Waals surface area contributed by atoms with Crippen molar-refractivity contribution in [1.29, 1.82) is 5.26 Å². The third-order valence-electron chi connectivity index (χ3n) is 3.45. The summed E-state index contributed by atoms with van der Waals surface area (Å²) < 4.78 is 6.29. The van der Waals surface area contributed by atoms with Crippen molar-refractivity contribution in [2.45, 2.75) is 25.7 Å². The first kappa shape index (κ1) is 18.0. The molecular formula is C19H19BrN2O2. The van der Waals surface area contributed by atoms with Gasteiger partial charge in [-0.25, -0.2) is 0 Å². The maximum atomic E-state index is 12.0. The van der Waals surface area contributed by atoms with Gasteiger partial charge < -0.3 is 10.1 Å². The number of anilines is 1. The molecule has 2 rings (SSSR count). The maximum absolute atomic E-state index is 12.0. The minimum atomic E-state index is -0.0109. The Morgan fingerprint density at radius 2 is 1.96 bits per heavy atom. The Kier molecular flexibility index (Phi) is 7.31. The number of hydrogen-bond acceptors (Lipinski definition) is 3. The van der Waals surface area contributed by atoms with Crippen LogP contribution in [0.2, 0.25) is 0 Å². The zero-order valence-electron chi connectivity index (χ0n) is 13.3. The molecule has 2 aromatic carbocycles. The van der Waals surface area contributed by atoms with Crippen LogP contribution in [0, 0.1) is 11.3 Å². The van der Waals surface area contributed by atoms with Crippen molar-refractivity contribution >= 4 is 27.5 Å². The summed E-state index contributed by atoms with van der Waals surface area (Å²) >= 11 is 3.42. The van der Waals surface area contributed by atoms with E-state index in [1.807, 2.05) is 18.2 Å². The summed E-state index contributed by atoms with van der Waals surface area (Å²) in [6.07, 6.45) is 3.27. The summed E-state index contributed by atoms with van der Waals surface area (Å²) in [6.45, 7) is -0.00649. The normalized spacial score (nSPS) is 10.0. The fourth-order valence-electron chi connectivity index (χ4n) is 2.27. The standard InChI is InChI=1S/C19H19BrN2O2/c20-16-10-8-15(9-11-16)4-1-2-7-19(23)22-17-5-3-6-18(14-17)24-13-12-21/h3,5-6,8-11,14H,1-2,4,7,13H2,(H,22,23). The molecule has 0 aromatic heterocycles. The Hall–Kier alpha value is -2.32. The molecular weight excluding hydrogens is 368 g/mol. The van der Waals surface area contributed by atoms with Crippen molar-refractivity contribution in [3.8, 4) is 11.8 Å². The van der Waals surface area contributed by atoms with Gasteiger partial charge in [-0.15, -0.1) is 0 Å². The monoisotopic (exact) mass is 386 g/mol. The number of carbonyl (C=O) groups is 1. The van der Waals surface area contributed by atoms with Crippen LogP contribution in [-0.2, 0) is 11.2 Å². The summed E-state index contributed by atoms with van der Waals surface area (Å²) in [6, 6.07) is 17.2. The highest BCUT2D eigenvalue weighted by atomic mass is 79.9. The highest BCUT2D eigenvalue weighted by Gasteiger charge is 2.04. The highest BCUT2D eigenvalue weighted by Crippen LogP contribution is 2.18. The third-order valence-corrected chi connectivity index (χ3v) is 3.98. The number of amides is 1. The van der Waals surface area contributed by atoms with E-state index in [1.54, 1.807) is 24.3 Å². The van der Waals surface area contributed by atoms with Crippen molar-refractivity contribution in [2.24, 2.45) is 0 Å². The van der Waals surface area contributed by atoms with Crippen LogP contribution in [0.15, 0.2) is 53.0 Å². The van der Waals surface area contributed by atoms with Gasteiger partial charge in [-0.3, -0.25) is 4.79 Å². The molecule has 0 aliphatic carbocycles. The number of unbranched alkanes of at least 4 members (excludes halogenated alkanes) is 1. The summed E-state index contributed by atoms with van der Waals surface area (Å²) in [5.74, 6) is 0.563. The first-order valence-corrected chi connectivity index (χ1v) is 8.61. The lowest BCUT2D eigenvalue weighted by Crippen LogP contribution is -2.11. The first-order chi connectivity index (χ1) is 11.7. The fourth-order valence-corrected chi connectivity index (χ4v) is 2.53. The molecule has 0 radical (unpaired) electrons. The second-order valence-corrected chi connectivity index (χ2v) is 6.27. The van der Waals surface area contributed by atoms with Gasteiger partial charge in [-0.2, -0.15) is 5.26 Å². The Balaban J connectivity index is 1.71. The number of hydrogen-bond donors (Lipinski definition) is 1. The lowest BCUT2D eigenvalue weighted by molar-refractivity contribution is -0.116. The van der Waals surface area contributed by atoms with Crippen LogP contribution in [-0.4, -0.2) is 12.5 Å². The molecule has 1 amide bonds. The maximum Gasteiger partial charge on any atom is 0.224 e. The van der Waals surface area contributed by atoms with Crippen LogP contribution in [0.1, 0.15) is 24.8 Å². The molecule has 0 saturated heterocycles. The quantitative estimate of drug-likeness (QED) is 0.668. The van der Waals surface area contributed by atoms with E-state index in [4.69, 9.17) is 10.00 Å². The van der Waals surface area contributed by atoms with Gasteiger partial charge in [0, 0.05) is 22.6 Å². The van der Waals surface area contributed by atoms with E-state index in [0.29, 0.717) is 17.9 Å². The predicted molar refractivity (Wildman–Crippen MR) is 97.9 cm³/mol. The summed E-state index contributed by atoms with van der Waals surface area (Å²) in [7, 11) is 0. The number of aryl methyl sites for hydroxylation is 1. The van der Waals surface area contributed by atoms with Crippen molar-refractivity contribution in [1.82, 2.24) is 0 Å². The first-order valence-electron chi connectivity index (χ1n) is 7.81. The van der Waals surface area contributed by atoms with Crippen LogP contribution in [0.3, 0.4) is 0 Å². The van der Waals surface area contributed by atoms with Crippen LogP contribution in [0.25, 0.3) is 0 Å². The number of ether oxygens (including phenoxy) is 1. The molecule has 24 heavy (non-hydrogen) atoms. The van der Waals surface area contributed by atoms with Gasteiger partial charge in [0.2, 0.25) is 5.91 Å². The van der Waals surface area contributed by atoms with Gasteiger partial charge in [0.25, 0.3) is 0 Å². The summed E-state index contributed by atoms with van der Waals surface area (Å²) in [5, 5.41) is 11.4. The van der Waals surface area contributed by atoms with E-state index in [-0.39, 0.29) is 12.5 Å². The van der Waals surface area contributed by atoms with E-state index in [9.17, 15) is 4.79 Å². The highest BCUT2D eigenvalue weighted by molar-refractivity contribution is 9.10. The average molecular weight is 387 g/mol. The van der Waals surface area contributed by atoms with Gasteiger partial charge >= 0.3 is 0 Å². The molecule has 1 N–H and O–H groups in total. The fraction of sp³-hybridized carbons (Fsp3) is 0.263. The van der Waals surface area contributed by atoms with E-state index in [1.165, 1.54) is 5.56 Å². The van der Waals surface area contributed by atoms with E-state index < -0.39 is 0 Å². The molecule has 0 fully saturated rings. The Morgan fingerprint density at radius 1 is 1.17 bits per heavy atom. The van der Waals surface area contributed by atoms with Crippen LogP contribution >= 0.6 is 15.9 Å². The molecule has 4 nitrogen and oxygen atoms in total. The minimum absolute atomic E-state index is 0.00649. The van der Waals surface area contributed by atoms with Gasteiger partial charge in [0.05, 0.1) is 0 Å². The molecule has 0 bridgehead atoms. The number of benzene rings is 2. The van der Waals surface area contributed by atoms with Crippen LogP contribution < -0.4 is 10.1 Å². The van der Waals surface area contributed by atoms with E-state index in [2.05, 4.69) is 33.4 Å². The predicted octanol–water partition coefficient (Wildman–Crippen LogP) is 4.70. The molecule has 0 saturated carbocycles. The van der Waals surface area contributed by atoms with Crippen molar-refractivity contribution < 1.29 is 9.53 Å². The second kappa shape index (κ2) is 9.74. The number of rotatable bonds is 8. The zero-order valence-corrected chi connectivity index (χ0v) is 14.9. The van der Waals surface area contributed by atoms with Crippen molar-refractivity contribution in [2.75, 3.05) is 11.9 Å². The molecule has 2 aromatic rings. The van der Waals surface area contributed by atoms with Gasteiger partial charge in [0.1, 0.15) is 11.8 Å². The molecule has 124 valence electrons. The zero-order chi connectivity index (χ0) is 17.2. The molecule has 0 heterocycles. The lowest BCUT2D eigenvalue weighted by Gasteiger charge is -2.07. The molecule has 0 aliphatic heterocycles. The topological polar surface area (TPSA) is 62.1 Å². The van der Waals surface area contributed by atoms with Crippen LogP contribution in [0.5, 0.6) is 5.75 Å². The number of carbonyl (C=O) groups excluding carboxylic acids is 1. The van der Waals surface area contributed by atoms with Crippen molar-refractivity contribution in [3.63, 3.8) is 0 Å². The Bertz CT molecular complexity index is 708. The number of nitriles is 1. The molecule has 0 aliphatic rings. The lowest BCUT2D eigenvalue weighted by atomic mass is 10.1. The molecule has 0 spiro atoms. The number of nitrogens with zero attached hydrogens (tertiary/aromatic N) is 1. The van der Waals surface area contributed by atoms with Crippen molar-refractivity contribution in [3.05, 3.63) is 58.6 Å². The Morgan fingerprint density at radius 3 is 2.71 bits per heavy atom. The number of nitrogens with one attached hydrogen (secondary N) is 1. The molecule has 0 atom stereocenters. The minimum Gasteiger partial charge on any atom is -0.479 e.